The van der Waals surface area contributed by atoms with E-state index < -0.39 is 5.91 Å². The summed E-state index contributed by atoms with van der Waals surface area (Å²) in [6.07, 6.45) is 4.35. The van der Waals surface area contributed by atoms with Gasteiger partial charge in [-0.2, -0.15) is 0 Å². The van der Waals surface area contributed by atoms with Gasteiger partial charge in [0.1, 0.15) is 18.0 Å². The average molecular weight is 483 g/mol. The van der Waals surface area contributed by atoms with Gasteiger partial charge in [0.25, 0.3) is 11.5 Å². The van der Waals surface area contributed by atoms with E-state index in [4.69, 9.17) is 16.6 Å². The van der Waals surface area contributed by atoms with E-state index in [1.54, 1.807) is 10.8 Å². The van der Waals surface area contributed by atoms with E-state index >= 15 is 0 Å². The Labute approximate surface area is 207 Å². The second-order valence-corrected chi connectivity index (χ2v) is 7.88. The zero-order valence-corrected chi connectivity index (χ0v) is 19.7. The molecule has 6 N–H and O–H groups in total. The molecule has 0 fully saturated rings. The number of pyridine rings is 1. The molecule has 1 amide bonds. The van der Waals surface area contributed by atoms with Gasteiger partial charge in [0.15, 0.2) is 5.82 Å². The van der Waals surface area contributed by atoms with Crippen LogP contribution < -0.4 is 22.3 Å². The first-order valence-corrected chi connectivity index (χ1v) is 11.4. The van der Waals surface area contributed by atoms with Gasteiger partial charge in [-0.1, -0.05) is 49.1 Å². The van der Waals surface area contributed by atoms with Gasteiger partial charge in [-0.05, 0) is 42.1 Å². The fourth-order valence-corrected chi connectivity index (χ4v) is 4.05. The first kappa shape index (κ1) is 24.3. The Hall–Kier alpha value is -4.81. The highest BCUT2D eigenvalue weighted by atomic mass is 16.2. The van der Waals surface area contributed by atoms with Crippen LogP contribution in [0.25, 0.3) is 22.7 Å². The Morgan fingerprint density at radius 3 is 2.67 bits per heavy atom. The number of carbonyl (C=O) groups is 1. The molecule has 1 aliphatic heterocycles. The maximum atomic E-state index is 13.1. The number of amides is 1. The van der Waals surface area contributed by atoms with Crippen molar-refractivity contribution in [2.24, 2.45) is 5.73 Å². The summed E-state index contributed by atoms with van der Waals surface area (Å²) in [4.78, 5) is 24.1. The molecule has 36 heavy (non-hydrogen) atoms. The molecule has 0 unspecified atom stereocenters. The Bertz CT molecular complexity index is 1570. The molecule has 0 aliphatic carbocycles. The van der Waals surface area contributed by atoms with Crippen molar-refractivity contribution in [3.63, 3.8) is 0 Å². The van der Waals surface area contributed by atoms with Crippen molar-refractivity contribution in [1.29, 1.82) is 0 Å². The number of benzene rings is 2. The number of hydrogen-bond acceptors (Lipinski definition) is 6. The summed E-state index contributed by atoms with van der Waals surface area (Å²) in [5.41, 5.74) is 13.3. The first-order valence-electron chi connectivity index (χ1n) is 11.4. The number of aliphatic hydroxyl groups is 1. The summed E-state index contributed by atoms with van der Waals surface area (Å²) >= 11 is 0. The molecule has 0 spiro atoms. The topological polar surface area (TPSA) is 141 Å². The number of nitrogens with two attached hydrogens (primary N) is 2. The van der Waals surface area contributed by atoms with Gasteiger partial charge in [0.2, 0.25) is 0 Å². The molecule has 9 nitrogen and oxygen atoms in total. The number of carbonyl (C=O) groups excluding carboxylic acids is 1. The van der Waals surface area contributed by atoms with Crippen LogP contribution >= 0.6 is 0 Å². The quantitative estimate of drug-likeness (QED) is 0.330. The Balaban J connectivity index is 0.000000197. The van der Waals surface area contributed by atoms with Crippen molar-refractivity contribution in [3.8, 4) is 17.5 Å². The monoisotopic (exact) mass is 482 g/mol. The molecule has 2 aromatic heterocycles. The smallest absolute Gasteiger partial charge is 0.264 e. The zero-order valence-electron chi connectivity index (χ0n) is 19.7. The van der Waals surface area contributed by atoms with Gasteiger partial charge in [-0.15, -0.1) is 5.10 Å². The van der Waals surface area contributed by atoms with Gasteiger partial charge in [0, 0.05) is 29.7 Å². The second kappa shape index (κ2) is 10.6. The van der Waals surface area contributed by atoms with E-state index in [1.165, 1.54) is 4.68 Å². The van der Waals surface area contributed by atoms with E-state index in [0.29, 0.717) is 23.3 Å². The number of rotatable bonds is 3. The standard InChI is InChI=1S/C20H17NO2.C7H9N5O/c1-2-17-14-16-9-6-8-15(10-7-13-22)19(16)20(23)21(17)18-11-4-3-5-12-18;8-5-4(6(9)13)7-10-2-1-3-12(7)11-5/h3-6,8-9,11-12,14,22H,2,13H2,1H3;1,3,10H,2H2,(H2,8,11)(H2,9,13). The van der Waals surface area contributed by atoms with Crippen molar-refractivity contribution >= 4 is 34.5 Å². The SMILES string of the molecule is CCc1cc2cccc(C#CCO)c2c(=O)n1-c1ccccc1.NC(=O)c1c(N)nn2c1NCC=C2. The van der Waals surface area contributed by atoms with Crippen LogP contribution in [0.4, 0.5) is 11.6 Å². The van der Waals surface area contributed by atoms with Crippen LogP contribution in [-0.4, -0.2) is 38.5 Å². The Morgan fingerprint density at radius 1 is 1.19 bits per heavy atom. The van der Waals surface area contributed by atoms with Crippen molar-refractivity contribution in [2.75, 3.05) is 24.2 Å². The summed E-state index contributed by atoms with van der Waals surface area (Å²) < 4.78 is 3.24. The molecule has 182 valence electrons. The molecular formula is C27H26N6O3. The fraction of sp³-hybridized carbons (Fsp3) is 0.148. The van der Waals surface area contributed by atoms with Gasteiger partial charge in [-0.25, -0.2) is 4.68 Å². The second-order valence-electron chi connectivity index (χ2n) is 7.88. The third-order valence-electron chi connectivity index (χ3n) is 5.62. The van der Waals surface area contributed by atoms with Crippen LogP contribution in [0, 0.1) is 11.8 Å². The molecule has 1 aliphatic rings. The summed E-state index contributed by atoms with van der Waals surface area (Å²) in [6, 6.07) is 17.3. The number of para-hydroxylation sites is 1. The van der Waals surface area contributed by atoms with Crippen LogP contribution in [-0.2, 0) is 6.42 Å². The third-order valence-corrected chi connectivity index (χ3v) is 5.62. The lowest BCUT2D eigenvalue weighted by atomic mass is 10.0. The highest BCUT2D eigenvalue weighted by molar-refractivity contribution is 6.02. The third kappa shape index (κ3) is 4.71. The number of anilines is 2. The number of aryl methyl sites for hydroxylation is 1. The molecule has 0 atom stereocenters. The summed E-state index contributed by atoms with van der Waals surface area (Å²) in [5.74, 6) is 5.66. The van der Waals surface area contributed by atoms with Crippen LogP contribution in [0.3, 0.4) is 0 Å². The van der Waals surface area contributed by atoms with Gasteiger partial charge in [-0.3, -0.25) is 14.2 Å². The number of primary amides is 1. The normalized spacial score (nSPS) is 11.5. The maximum absolute atomic E-state index is 13.1. The van der Waals surface area contributed by atoms with E-state index in [-0.39, 0.29) is 23.5 Å². The van der Waals surface area contributed by atoms with E-state index in [2.05, 4.69) is 22.3 Å². The molecule has 0 radical (unpaired) electrons. The van der Waals surface area contributed by atoms with Crippen LogP contribution in [0.2, 0.25) is 0 Å². The van der Waals surface area contributed by atoms with Crippen LogP contribution in [0.1, 0.15) is 28.5 Å². The number of aromatic nitrogens is 3. The van der Waals surface area contributed by atoms with Gasteiger partial charge in [0.05, 0.1) is 5.39 Å². The lowest BCUT2D eigenvalue weighted by molar-refractivity contribution is 0.100. The lowest BCUT2D eigenvalue weighted by Crippen LogP contribution is -2.22. The van der Waals surface area contributed by atoms with Crippen molar-refractivity contribution in [3.05, 3.63) is 87.8 Å². The molecule has 3 heterocycles. The van der Waals surface area contributed by atoms with E-state index in [0.717, 1.165) is 23.2 Å². The number of nitrogens with zero attached hydrogens (tertiary/aromatic N) is 3. The largest absolute Gasteiger partial charge is 0.384 e. The van der Waals surface area contributed by atoms with Crippen LogP contribution in [0.15, 0.2) is 65.5 Å². The molecule has 9 heteroatoms. The molecule has 4 aromatic rings. The molecule has 0 saturated carbocycles. The predicted octanol–water partition coefficient (Wildman–Crippen LogP) is 2.36. The minimum Gasteiger partial charge on any atom is -0.384 e. The summed E-state index contributed by atoms with van der Waals surface area (Å²) in [7, 11) is 0. The Kier molecular flexibility index (Phi) is 7.18. The average Bonchev–Trinajstić information content (AvgIpc) is 3.24. The lowest BCUT2D eigenvalue weighted by Gasteiger charge is -2.14. The molecule has 0 bridgehead atoms. The molecule has 2 aromatic carbocycles. The maximum Gasteiger partial charge on any atom is 0.264 e. The minimum atomic E-state index is -0.568. The predicted molar refractivity (Wildman–Crippen MR) is 142 cm³/mol. The summed E-state index contributed by atoms with van der Waals surface area (Å²) in [6.45, 7) is 2.46. The molecule has 0 saturated heterocycles. The number of hydrogen-bond donors (Lipinski definition) is 4. The summed E-state index contributed by atoms with van der Waals surface area (Å²) in [5, 5.41) is 17.3. The highest BCUT2D eigenvalue weighted by Crippen LogP contribution is 2.23. The first-order chi connectivity index (χ1) is 17.5. The van der Waals surface area contributed by atoms with Crippen molar-refractivity contribution in [1.82, 2.24) is 14.3 Å². The number of fused-ring (bicyclic) bond motifs is 2. The number of nitrogens with one attached hydrogen (secondary N) is 1. The zero-order chi connectivity index (χ0) is 25.7. The van der Waals surface area contributed by atoms with Gasteiger partial charge >= 0.3 is 0 Å². The van der Waals surface area contributed by atoms with Crippen molar-refractivity contribution < 1.29 is 9.90 Å². The molecule has 5 rings (SSSR count). The van der Waals surface area contributed by atoms with E-state index in [9.17, 15) is 9.59 Å². The fourth-order valence-electron chi connectivity index (χ4n) is 4.05. The van der Waals surface area contributed by atoms with Crippen LogP contribution in [0.5, 0.6) is 0 Å². The molecular weight excluding hydrogens is 456 g/mol. The van der Waals surface area contributed by atoms with Crippen molar-refractivity contribution in [2.45, 2.75) is 13.3 Å². The highest BCUT2D eigenvalue weighted by Gasteiger charge is 2.20. The minimum absolute atomic E-state index is 0.0756. The van der Waals surface area contributed by atoms with E-state index in [1.807, 2.05) is 67.6 Å². The number of aliphatic hydroxyl groups excluding tert-OH is 1. The van der Waals surface area contributed by atoms with Gasteiger partial charge < -0.3 is 21.9 Å². The number of nitrogen functional groups attached to an aromatic ring is 1. The Morgan fingerprint density at radius 2 is 1.97 bits per heavy atom.